The highest BCUT2D eigenvalue weighted by atomic mass is 35.5. The van der Waals surface area contributed by atoms with E-state index in [1.807, 2.05) is 43.3 Å². The number of pyridine rings is 1. The summed E-state index contributed by atoms with van der Waals surface area (Å²) >= 11 is 5.80. The van der Waals surface area contributed by atoms with Crippen molar-refractivity contribution in [2.24, 2.45) is 0 Å². The number of aliphatic hydroxyl groups excluding tert-OH is 1. The number of amides is 1. The molecule has 0 saturated heterocycles. The van der Waals surface area contributed by atoms with E-state index in [4.69, 9.17) is 16.3 Å². The van der Waals surface area contributed by atoms with Gasteiger partial charge in [0, 0.05) is 38.3 Å². The predicted octanol–water partition coefficient (Wildman–Crippen LogP) is 4.37. The van der Waals surface area contributed by atoms with E-state index in [1.165, 1.54) is 6.07 Å². The normalized spacial score (nSPS) is 16.8. The summed E-state index contributed by atoms with van der Waals surface area (Å²) in [5, 5.41) is 9.51. The highest BCUT2D eigenvalue weighted by Gasteiger charge is 2.35. The van der Waals surface area contributed by atoms with E-state index in [1.54, 1.807) is 23.4 Å². The van der Waals surface area contributed by atoms with E-state index < -0.39 is 11.4 Å². The van der Waals surface area contributed by atoms with Crippen molar-refractivity contribution >= 4 is 17.5 Å². The molecule has 2 heterocycles. The molecular formula is C26H26ClFN2O3. The maximum atomic E-state index is 13.8. The molecule has 0 fully saturated rings. The van der Waals surface area contributed by atoms with Crippen LogP contribution in [0.1, 0.15) is 29.2 Å². The monoisotopic (exact) mass is 468 g/mol. The fourth-order valence-corrected chi connectivity index (χ4v) is 4.39. The van der Waals surface area contributed by atoms with E-state index in [2.05, 4.69) is 4.98 Å². The van der Waals surface area contributed by atoms with Gasteiger partial charge in [0.1, 0.15) is 17.2 Å². The number of fused-ring (bicyclic) bond motifs is 1. The van der Waals surface area contributed by atoms with Gasteiger partial charge in [0.15, 0.2) is 0 Å². The Morgan fingerprint density at radius 2 is 2.03 bits per heavy atom. The first-order valence-electron chi connectivity index (χ1n) is 10.9. The molecule has 172 valence electrons. The van der Waals surface area contributed by atoms with Crippen LogP contribution in [0.15, 0.2) is 60.9 Å². The maximum Gasteiger partial charge on any atom is 0.227 e. The Morgan fingerprint density at radius 3 is 2.76 bits per heavy atom. The molecule has 1 N–H and O–H groups in total. The summed E-state index contributed by atoms with van der Waals surface area (Å²) in [4.78, 5) is 18.7. The van der Waals surface area contributed by atoms with Crippen LogP contribution in [0, 0.1) is 5.82 Å². The number of nitrogens with zero attached hydrogens (tertiary/aromatic N) is 2. The summed E-state index contributed by atoms with van der Waals surface area (Å²) in [6.45, 7) is 2.56. The number of halogens is 2. The zero-order chi connectivity index (χ0) is 23.4. The van der Waals surface area contributed by atoms with Gasteiger partial charge in [0.2, 0.25) is 5.91 Å². The van der Waals surface area contributed by atoms with Crippen LogP contribution in [0.5, 0.6) is 5.75 Å². The Hall–Kier alpha value is -2.96. The van der Waals surface area contributed by atoms with E-state index in [-0.39, 0.29) is 30.5 Å². The third-order valence-corrected chi connectivity index (χ3v) is 6.09. The molecule has 33 heavy (non-hydrogen) atoms. The molecule has 0 radical (unpaired) electrons. The second-order valence-electron chi connectivity index (χ2n) is 8.67. The minimum atomic E-state index is -0.505. The molecule has 4 rings (SSSR count). The summed E-state index contributed by atoms with van der Waals surface area (Å²) in [5.41, 5.74) is 3.14. The van der Waals surface area contributed by atoms with Gasteiger partial charge < -0.3 is 14.7 Å². The number of hydrogen-bond acceptors (Lipinski definition) is 4. The fourth-order valence-electron chi connectivity index (χ4n) is 4.28. The predicted molar refractivity (Wildman–Crippen MR) is 125 cm³/mol. The molecule has 1 atom stereocenters. The van der Waals surface area contributed by atoms with E-state index >= 15 is 0 Å². The fraction of sp³-hybridized carbons (Fsp3) is 0.308. The summed E-state index contributed by atoms with van der Waals surface area (Å²) in [6.07, 6.45) is 4.83. The average Bonchev–Trinajstić information content (AvgIpc) is 3.11. The number of hydrogen-bond donors (Lipinski definition) is 1. The number of aliphatic hydroxyl groups is 1. The van der Waals surface area contributed by atoms with Crippen LogP contribution < -0.4 is 4.74 Å². The van der Waals surface area contributed by atoms with Gasteiger partial charge in [-0.05, 0) is 53.4 Å². The van der Waals surface area contributed by atoms with E-state index in [0.29, 0.717) is 19.4 Å². The van der Waals surface area contributed by atoms with Crippen LogP contribution in [-0.4, -0.2) is 39.7 Å². The zero-order valence-electron chi connectivity index (χ0n) is 18.4. The highest BCUT2D eigenvalue weighted by molar-refractivity contribution is 6.30. The van der Waals surface area contributed by atoms with E-state index in [9.17, 15) is 14.3 Å². The molecule has 2 aromatic carbocycles. The largest absolute Gasteiger partial charge is 0.487 e. The number of aromatic nitrogens is 1. The van der Waals surface area contributed by atoms with Crippen molar-refractivity contribution in [2.45, 2.75) is 38.3 Å². The standard InChI is InChI=1S/C26H26ClFN2O3/c1-26(14-19-4-6-22(27)23(28)12-19)15-21-11-18(5-7-24(21)33-26)13-25(32)30(9-10-31)17-20-3-2-8-29-16-20/h2-8,11-12,16,31H,9-10,13-15,17H2,1H3/t26-/m0/s1. The number of benzene rings is 2. The second kappa shape index (κ2) is 9.89. The Labute approximate surface area is 197 Å². The van der Waals surface area contributed by atoms with E-state index in [0.717, 1.165) is 28.0 Å². The van der Waals surface area contributed by atoms with Crippen LogP contribution in [0.4, 0.5) is 4.39 Å². The summed E-state index contributed by atoms with van der Waals surface area (Å²) < 4.78 is 20.0. The molecular weight excluding hydrogens is 443 g/mol. The first-order valence-corrected chi connectivity index (χ1v) is 11.3. The average molecular weight is 469 g/mol. The van der Waals surface area contributed by atoms with Gasteiger partial charge in [-0.1, -0.05) is 35.9 Å². The number of ether oxygens (including phenoxy) is 1. The molecule has 7 heteroatoms. The highest BCUT2D eigenvalue weighted by Crippen LogP contribution is 2.38. The van der Waals surface area contributed by atoms with Crippen LogP contribution in [-0.2, 0) is 30.6 Å². The van der Waals surface area contributed by atoms with Crippen LogP contribution >= 0.6 is 11.6 Å². The quantitative estimate of drug-likeness (QED) is 0.533. The van der Waals surface area contributed by atoms with Gasteiger partial charge in [-0.3, -0.25) is 9.78 Å². The van der Waals surface area contributed by atoms with Crippen molar-refractivity contribution in [3.8, 4) is 5.75 Å². The second-order valence-corrected chi connectivity index (χ2v) is 9.08. The molecule has 5 nitrogen and oxygen atoms in total. The topological polar surface area (TPSA) is 62.7 Å². The van der Waals surface area contributed by atoms with Gasteiger partial charge in [-0.25, -0.2) is 4.39 Å². The van der Waals surface area contributed by atoms with Crippen molar-refractivity contribution in [1.82, 2.24) is 9.88 Å². The minimum absolute atomic E-state index is 0.0637. The molecule has 0 unspecified atom stereocenters. The third-order valence-electron chi connectivity index (χ3n) is 5.78. The third kappa shape index (κ3) is 5.70. The molecule has 1 aliphatic rings. The summed E-state index contributed by atoms with van der Waals surface area (Å²) in [6, 6.07) is 14.3. The lowest BCUT2D eigenvalue weighted by Crippen LogP contribution is -2.34. The molecule has 0 spiro atoms. The van der Waals surface area contributed by atoms with Gasteiger partial charge >= 0.3 is 0 Å². The molecule has 0 bridgehead atoms. The van der Waals surface area contributed by atoms with Crippen molar-refractivity contribution in [3.63, 3.8) is 0 Å². The SMILES string of the molecule is C[C@]1(Cc2ccc(Cl)c(F)c2)Cc2cc(CC(=O)N(CCO)Cc3cccnc3)ccc2O1. The Bertz CT molecular complexity index is 1140. The lowest BCUT2D eigenvalue weighted by Gasteiger charge is -2.24. The minimum Gasteiger partial charge on any atom is -0.487 e. The Morgan fingerprint density at radius 1 is 1.21 bits per heavy atom. The molecule has 1 aliphatic heterocycles. The molecule has 1 aromatic heterocycles. The van der Waals surface area contributed by atoms with Gasteiger partial charge in [0.25, 0.3) is 0 Å². The first kappa shape index (κ1) is 23.2. The Balaban J connectivity index is 1.43. The van der Waals surface area contributed by atoms with Crippen LogP contribution in [0.3, 0.4) is 0 Å². The number of carbonyl (C=O) groups excluding carboxylic acids is 1. The van der Waals surface area contributed by atoms with Crippen molar-refractivity contribution in [1.29, 1.82) is 0 Å². The molecule has 1 amide bonds. The van der Waals surface area contributed by atoms with Gasteiger partial charge in [-0.2, -0.15) is 0 Å². The van der Waals surface area contributed by atoms with Crippen LogP contribution in [0.25, 0.3) is 0 Å². The van der Waals surface area contributed by atoms with Crippen molar-refractivity contribution in [3.05, 3.63) is 94.0 Å². The number of rotatable bonds is 8. The zero-order valence-corrected chi connectivity index (χ0v) is 19.2. The van der Waals surface area contributed by atoms with Gasteiger partial charge in [0.05, 0.1) is 18.1 Å². The lowest BCUT2D eigenvalue weighted by molar-refractivity contribution is -0.131. The molecule has 3 aromatic rings. The Kier molecular flexibility index (Phi) is 6.96. The molecule has 0 aliphatic carbocycles. The number of carbonyl (C=O) groups is 1. The first-order chi connectivity index (χ1) is 15.8. The van der Waals surface area contributed by atoms with Gasteiger partial charge in [-0.15, -0.1) is 0 Å². The summed E-state index contributed by atoms with van der Waals surface area (Å²) in [7, 11) is 0. The van der Waals surface area contributed by atoms with Crippen LogP contribution in [0.2, 0.25) is 5.02 Å². The lowest BCUT2D eigenvalue weighted by atomic mass is 9.91. The smallest absolute Gasteiger partial charge is 0.227 e. The maximum absolute atomic E-state index is 13.8. The summed E-state index contributed by atoms with van der Waals surface area (Å²) in [5.74, 6) is 0.282. The van der Waals surface area contributed by atoms with Crippen molar-refractivity contribution < 1.29 is 19.0 Å². The van der Waals surface area contributed by atoms with Crippen molar-refractivity contribution in [2.75, 3.05) is 13.2 Å². The molecule has 0 saturated carbocycles.